The number of amides is 2. The molecular weight excluding hydrogens is 356 g/mol. The van der Waals surface area contributed by atoms with Crippen LogP contribution in [0.25, 0.3) is 0 Å². The molecule has 3 rings (SSSR count). The molecule has 1 aliphatic heterocycles. The number of hydrogen-bond acceptors (Lipinski definition) is 4. The van der Waals surface area contributed by atoms with Crippen molar-refractivity contribution in [2.45, 2.75) is 25.4 Å². The van der Waals surface area contributed by atoms with Gasteiger partial charge in [0.2, 0.25) is 5.91 Å². The zero-order chi connectivity index (χ0) is 19.2. The molecule has 1 aromatic carbocycles. The number of nitrogens with one attached hydrogen (secondary N) is 2. The third-order valence-corrected chi connectivity index (χ3v) is 4.54. The van der Waals surface area contributed by atoms with Gasteiger partial charge in [-0.2, -0.15) is 0 Å². The molecule has 2 heterocycles. The van der Waals surface area contributed by atoms with Gasteiger partial charge in [-0.3, -0.25) is 14.5 Å². The Balaban J connectivity index is 1.38. The van der Waals surface area contributed by atoms with Gasteiger partial charge >= 0.3 is 0 Å². The van der Waals surface area contributed by atoms with Crippen LogP contribution in [0.5, 0.6) is 0 Å². The van der Waals surface area contributed by atoms with Crippen molar-refractivity contribution in [1.29, 1.82) is 0 Å². The highest BCUT2D eigenvalue weighted by Crippen LogP contribution is 2.15. The molecule has 0 saturated carbocycles. The number of rotatable bonds is 6. The van der Waals surface area contributed by atoms with Crippen molar-refractivity contribution < 1.29 is 22.8 Å². The average molecular weight is 377 g/mol. The molecule has 2 aromatic rings. The molecule has 2 N–H and O–H groups in total. The monoisotopic (exact) mass is 377 g/mol. The maximum atomic E-state index is 13.3. The molecule has 144 valence electrons. The smallest absolute Gasteiger partial charge is 0.254 e. The predicted molar refractivity (Wildman–Crippen MR) is 93.8 cm³/mol. The lowest BCUT2D eigenvalue weighted by molar-refractivity contribution is -0.121. The van der Waals surface area contributed by atoms with E-state index < -0.39 is 11.6 Å². The Bertz CT molecular complexity index is 788. The van der Waals surface area contributed by atoms with Crippen LogP contribution in [0.1, 0.15) is 28.8 Å². The molecule has 27 heavy (non-hydrogen) atoms. The van der Waals surface area contributed by atoms with Crippen molar-refractivity contribution in [3.8, 4) is 0 Å². The lowest BCUT2D eigenvalue weighted by Gasteiger charge is -2.32. The number of benzene rings is 1. The van der Waals surface area contributed by atoms with Gasteiger partial charge in [-0.25, -0.2) is 8.78 Å². The van der Waals surface area contributed by atoms with Crippen LogP contribution in [-0.4, -0.2) is 42.4 Å². The van der Waals surface area contributed by atoms with E-state index in [0.717, 1.165) is 37.6 Å². The number of piperidine rings is 1. The van der Waals surface area contributed by atoms with E-state index in [-0.39, 0.29) is 24.4 Å². The van der Waals surface area contributed by atoms with E-state index >= 15 is 0 Å². The van der Waals surface area contributed by atoms with Crippen molar-refractivity contribution >= 4 is 11.8 Å². The number of halogens is 2. The minimum Gasteiger partial charge on any atom is -0.472 e. The largest absolute Gasteiger partial charge is 0.472 e. The van der Waals surface area contributed by atoms with E-state index in [1.807, 2.05) is 0 Å². The second-order valence-electron chi connectivity index (χ2n) is 6.56. The Morgan fingerprint density at radius 1 is 1.15 bits per heavy atom. The van der Waals surface area contributed by atoms with Gasteiger partial charge in [-0.15, -0.1) is 0 Å². The summed E-state index contributed by atoms with van der Waals surface area (Å²) in [5.41, 5.74) is 1.09. The Morgan fingerprint density at radius 2 is 1.93 bits per heavy atom. The quantitative estimate of drug-likeness (QED) is 0.808. The second-order valence-corrected chi connectivity index (χ2v) is 6.56. The summed E-state index contributed by atoms with van der Waals surface area (Å²) in [6.07, 6.45) is 4.22. The van der Waals surface area contributed by atoms with Gasteiger partial charge < -0.3 is 15.1 Å². The molecular formula is C19H21F2N3O3. The van der Waals surface area contributed by atoms with Gasteiger partial charge in [0.05, 0.1) is 18.4 Å². The minimum absolute atomic E-state index is 0.0320. The summed E-state index contributed by atoms with van der Waals surface area (Å²) in [5.74, 6) is -2.29. The van der Waals surface area contributed by atoms with Crippen LogP contribution in [0.3, 0.4) is 0 Å². The topological polar surface area (TPSA) is 74.6 Å². The SMILES string of the molecule is O=C(CNC(=O)c1ccoc1)NC1CCN(Cc2ccc(F)c(F)c2)CC1. The van der Waals surface area contributed by atoms with Gasteiger partial charge in [0.1, 0.15) is 6.26 Å². The van der Waals surface area contributed by atoms with Crippen molar-refractivity contribution in [2.75, 3.05) is 19.6 Å². The number of carbonyl (C=O) groups excluding carboxylic acids is 2. The van der Waals surface area contributed by atoms with Crippen LogP contribution in [0.15, 0.2) is 41.2 Å². The fourth-order valence-electron chi connectivity index (χ4n) is 3.07. The molecule has 1 fully saturated rings. The maximum absolute atomic E-state index is 13.3. The highest BCUT2D eigenvalue weighted by atomic mass is 19.2. The number of hydrogen-bond donors (Lipinski definition) is 2. The first kappa shape index (κ1) is 19.0. The molecule has 0 spiro atoms. The first-order chi connectivity index (χ1) is 13.0. The summed E-state index contributed by atoms with van der Waals surface area (Å²) < 4.78 is 31.1. The standard InChI is InChI=1S/C19H21F2N3O3/c20-16-2-1-13(9-17(16)21)11-24-6-3-15(4-7-24)23-18(25)10-22-19(26)14-5-8-27-12-14/h1-2,5,8-9,12,15H,3-4,6-7,10-11H2,(H,22,26)(H,23,25). The predicted octanol–water partition coefficient (Wildman–Crippen LogP) is 2.07. The summed E-state index contributed by atoms with van der Waals surface area (Å²) in [6.45, 7) is 1.92. The molecule has 0 radical (unpaired) electrons. The number of nitrogens with zero attached hydrogens (tertiary/aromatic N) is 1. The van der Waals surface area contributed by atoms with E-state index in [2.05, 4.69) is 15.5 Å². The van der Waals surface area contributed by atoms with E-state index in [0.29, 0.717) is 12.1 Å². The number of likely N-dealkylation sites (tertiary alicyclic amines) is 1. The molecule has 1 aromatic heterocycles. The van der Waals surface area contributed by atoms with E-state index in [1.54, 1.807) is 6.07 Å². The first-order valence-corrected chi connectivity index (χ1v) is 8.77. The van der Waals surface area contributed by atoms with Crippen molar-refractivity contribution in [3.05, 3.63) is 59.6 Å². The van der Waals surface area contributed by atoms with Gasteiger partial charge in [-0.05, 0) is 36.6 Å². The fourth-order valence-corrected chi connectivity index (χ4v) is 3.07. The van der Waals surface area contributed by atoms with Gasteiger partial charge in [0.25, 0.3) is 5.91 Å². The summed E-state index contributed by atoms with van der Waals surface area (Å²) in [7, 11) is 0. The summed E-state index contributed by atoms with van der Waals surface area (Å²) in [4.78, 5) is 25.9. The summed E-state index contributed by atoms with van der Waals surface area (Å²) in [5, 5.41) is 5.45. The third kappa shape index (κ3) is 5.37. The van der Waals surface area contributed by atoms with Crippen molar-refractivity contribution in [1.82, 2.24) is 15.5 Å². The molecule has 0 aliphatic carbocycles. The molecule has 6 nitrogen and oxygen atoms in total. The van der Waals surface area contributed by atoms with E-state index in [9.17, 15) is 18.4 Å². The molecule has 1 saturated heterocycles. The first-order valence-electron chi connectivity index (χ1n) is 8.77. The van der Waals surface area contributed by atoms with Crippen LogP contribution in [0, 0.1) is 11.6 Å². The maximum Gasteiger partial charge on any atom is 0.254 e. The van der Waals surface area contributed by atoms with Gasteiger partial charge in [0, 0.05) is 25.7 Å². The summed E-state index contributed by atoms with van der Waals surface area (Å²) in [6, 6.07) is 5.48. The lowest BCUT2D eigenvalue weighted by Crippen LogP contribution is -2.47. The molecule has 1 aliphatic rings. The van der Waals surface area contributed by atoms with E-state index in [4.69, 9.17) is 4.42 Å². The molecule has 2 amide bonds. The Morgan fingerprint density at radius 3 is 2.59 bits per heavy atom. The Hall–Kier alpha value is -2.74. The van der Waals surface area contributed by atoms with Crippen LogP contribution >= 0.6 is 0 Å². The van der Waals surface area contributed by atoms with Crippen LogP contribution in [0.2, 0.25) is 0 Å². The van der Waals surface area contributed by atoms with E-state index in [1.165, 1.54) is 24.7 Å². The van der Waals surface area contributed by atoms with Crippen molar-refractivity contribution in [2.24, 2.45) is 0 Å². The molecule has 0 unspecified atom stereocenters. The Kier molecular flexibility index (Phi) is 6.18. The minimum atomic E-state index is -0.847. The highest BCUT2D eigenvalue weighted by molar-refractivity contribution is 5.96. The highest BCUT2D eigenvalue weighted by Gasteiger charge is 2.21. The van der Waals surface area contributed by atoms with Gasteiger partial charge in [0.15, 0.2) is 11.6 Å². The second kappa shape index (κ2) is 8.77. The van der Waals surface area contributed by atoms with Crippen molar-refractivity contribution in [3.63, 3.8) is 0 Å². The molecule has 0 bridgehead atoms. The van der Waals surface area contributed by atoms with Crippen LogP contribution < -0.4 is 10.6 Å². The lowest BCUT2D eigenvalue weighted by atomic mass is 10.0. The number of carbonyl (C=O) groups is 2. The molecule has 0 atom stereocenters. The summed E-state index contributed by atoms with van der Waals surface area (Å²) >= 11 is 0. The number of furan rings is 1. The van der Waals surface area contributed by atoms with Crippen LogP contribution in [-0.2, 0) is 11.3 Å². The zero-order valence-electron chi connectivity index (χ0n) is 14.7. The van der Waals surface area contributed by atoms with Crippen LogP contribution in [0.4, 0.5) is 8.78 Å². The molecule has 8 heteroatoms. The fraction of sp³-hybridized carbons (Fsp3) is 0.368. The third-order valence-electron chi connectivity index (χ3n) is 4.54. The Labute approximate surface area is 155 Å². The zero-order valence-corrected chi connectivity index (χ0v) is 14.7. The van der Waals surface area contributed by atoms with Gasteiger partial charge in [-0.1, -0.05) is 6.07 Å². The normalized spacial score (nSPS) is 15.5. The average Bonchev–Trinajstić information content (AvgIpc) is 3.19.